The number of nitrogens with zero attached hydrogens (tertiary/aromatic N) is 1. The van der Waals surface area contributed by atoms with E-state index in [0.29, 0.717) is 22.8 Å². The van der Waals surface area contributed by atoms with Gasteiger partial charge in [-0.1, -0.05) is 30.3 Å². The Hall–Kier alpha value is -4.27. The molecule has 3 rings (SSSR count). The lowest BCUT2D eigenvalue weighted by atomic mass is 10.0. The molecule has 0 fully saturated rings. The fourth-order valence-electron chi connectivity index (χ4n) is 3.10. The van der Waals surface area contributed by atoms with E-state index >= 15 is 0 Å². The number of hydrogen-bond donors (Lipinski definition) is 3. The van der Waals surface area contributed by atoms with Crippen molar-refractivity contribution in [2.45, 2.75) is 0 Å². The van der Waals surface area contributed by atoms with Gasteiger partial charge in [-0.15, -0.1) is 0 Å². The summed E-state index contributed by atoms with van der Waals surface area (Å²) in [7, 11) is 4.35. The van der Waals surface area contributed by atoms with Gasteiger partial charge in [0.05, 0.1) is 34.1 Å². The lowest BCUT2D eigenvalue weighted by Crippen LogP contribution is -2.35. The van der Waals surface area contributed by atoms with Crippen molar-refractivity contribution in [2.24, 2.45) is 5.10 Å². The first kappa shape index (κ1) is 22.4. The third kappa shape index (κ3) is 4.89. The largest absolute Gasteiger partial charge is 0.507 e. The number of nitrogens with one attached hydrogen (secondary N) is 2. The molecule has 32 heavy (non-hydrogen) atoms. The van der Waals surface area contributed by atoms with E-state index in [1.165, 1.54) is 39.7 Å². The number of fused-ring (bicyclic) bond motifs is 1. The minimum atomic E-state index is -0.540. The molecule has 9 heteroatoms. The summed E-state index contributed by atoms with van der Waals surface area (Å²) in [6.07, 6.45) is 1.36. The zero-order chi connectivity index (χ0) is 23.1. The Bertz CT molecular complexity index is 1150. The molecule has 3 aromatic rings. The van der Waals surface area contributed by atoms with Crippen LogP contribution in [0.4, 0.5) is 0 Å². The maximum atomic E-state index is 12.5. The van der Waals surface area contributed by atoms with Gasteiger partial charge in [-0.3, -0.25) is 9.59 Å². The fourth-order valence-corrected chi connectivity index (χ4v) is 3.10. The van der Waals surface area contributed by atoms with Crippen LogP contribution in [-0.4, -0.2) is 51.0 Å². The van der Waals surface area contributed by atoms with Crippen LogP contribution in [0, 0.1) is 0 Å². The smallest absolute Gasteiger partial charge is 0.259 e. The standard InChI is InChI=1S/C23H23N3O6/c1-30-19-10-15(11-20(31-2)22(19)32-3)23(29)24-13-21(28)26-25-12-17-16-7-5-4-6-14(16)8-9-18(17)27/h4-12,27H,13H2,1-3H3,(H,24,29)(H,26,28). The highest BCUT2D eigenvalue weighted by atomic mass is 16.5. The molecular weight excluding hydrogens is 414 g/mol. The Kier molecular flexibility index (Phi) is 7.12. The molecule has 0 aliphatic carbocycles. The van der Waals surface area contributed by atoms with Gasteiger partial charge < -0.3 is 24.6 Å². The van der Waals surface area contributed by atoms with E-state index in [2.05, 4.69) is 15.8 Å². The summed E-state index contributed by atoms with van der Waals surface area (Å²) in [4.78, 5) is 24.5. The number of benzene rings is 3. The number of ether oxygens (including phenoxy) is 3. The minimum absolute atomic E-state index is 0.0393. The average Bonchev–Trinajstić information content (AvgIpc) is 2.82. The lowest BCUT2D eigenvalue weighted by molar-refractivity contribution is -0.120. The molecule has 2 amide bonds. The molecule has 0 saturated carbocycles. The highest BCUT2D eigenvalue weighted by Crippen LogP contribution is 2.38. The van der Waals surface area contributed by atoms with Crippen LogP contribution in [0.15, 0.2) is 53.6 Å². The molecular formula is C23H23N3O6. The third-order valence-electron chi connectivity index (χ3n) is 4.67. The molecule has 3 aromatic carbocycles. The van der Waals surface area contributed by atoms with Gasteiger partial charge in [0.25, 0.3) is 11.8 Å². The van der Waals surface area contributed by atoms with Crippen LogP contribution in [0.5, 0.6) is 23.0 Å². The molecule has 0 bridgehead atoms. The molecule has 166 valence electrons. The van der Waals surface area contributed by atoms with E-state index in [1.807, 2.05) is 24.3 Å². The summed E-state index contributed by atoms with van der Waals surface area (Å²) in [5, 5.41) is 18.2. The molecule has 0 aliphatic heterocycles. The van der Waals surface area contributed by atoms with Crippen molar-refractivity contribution < 1.29 is 28.9 Å². The maximum Gasteiger partial charge on any atom is 0.259 e. The minimum Gasteiger partial charge on any atom is -0.507 e. The number of aromatic hydroxyl groups is 1. The Morgan fingerprint density at radius 1 is 1.00 bits per heavy atom. The number of phenols is 1. The van der Waals surface area contributed by atoms with Crippen LogP contribution in [0.25, 0.3) is 10.8 Å². The zero-order valence-electron chi connectivity index (χ0n) is 17.8. The summed E-state index contributed by atoms with van der Waals surface area (Å²) in [6, 6.07) is 13.8. The van der Waals surface area contributed by atoms with E-state index in [4.69, 9.17) is 14.2 Å². The molecule has 0 radical (unpaired) electrons. The van der Waals surface area contributed by atoms with Gasteiger partial charge in [-0.25, -0.2) is 5.43 Å². The van der Waals surface area contributed by atoms with Crippen molar-refractivity contribution >= 4 is 28.8 Å². The molecule has 0 unspecified atom stereocenters. The van der Waals surface area contributed by atoms with Gasteiger partial charge in [-0.2, -0.15) is 5.10 Å². The van der Waals surface area contributed by atoms with E-state index in [-0.39, 0.29) is 17.9 Å². The van der Waals surface area contributed by atoms with E-state index in [9.17, 15) is 14.7 Å². The number of hydrogen-bond acceptors (Lipinski definition) is 7. The number of rotatable bonds is 8. The molecule has 0 heterocycles. The SMILES string of the molecule is COc1cc(C(=O)NCC(=O)NN=Cc2c(O)ccc3ccccc23)cc(OC)c1OC. The second kappa shape index (κ2) is 10.2. The number of amides is 2. The van der Waals surface area contributed by atoms with Crippen molar-refractivity contribution in [1.29, 1.82) is 0 Å². The summed E-state index contributed by atoms with van der Waals surface area (Å²) >= 11 is 0. The van der Waals surface area contributed by atoms with Gasteiger partial charge >= 0.3 is 0 Å². The van der Waals surface area contributed by atoms with Crippen LogP contribution in [0.2, 0.25) is 0 Å². The average molecular weight is 437 g/mol. The first-order chi connectivity index (χ1) is 15.5. The zero-order valence-corrected chi connectivity index (χ0v) is 17.8. The Labute approximate surface area is 184 Å². The fraction of sp³-hybridized carbons (Fsp3) is 0.174. The van der Waals surface area contributed by atoms with E-state index in [0.717, 1.165) is 10.8 Å². The lowest BCUT2D eigenvalue weighted by Gasteiger charge is -2.14. The van der Waals surface area contributed by atoms with Crippen LogP contribution in [-0.2, 0) is 4.79 Å². The molecule has 0 aromatic heterocycles. The van der Waals surface area contributed by atoms with Gasteiger partial charge in [-0.05, 0) is 29.0 Å². The van der Waals surface area contributed by atoms with Crippen LogP contribution in [0.3, 0.4) is 0 Å². The third-order valence-corrected chi connectivity index (χ3v) is 4.67. The summed E-state index contributed by atoms with van der Waals surface area (Å²) in [5.41, 5.74) is 3.04. The van der Waals surface area contributed by atoms with Gasteiger partial charge in [0.2, 0.25) is 5.75 Å². The topological polar surface area (TPSA) is 118 Å². The molecule has 0 spiro atoms. The summed E-state index contributed by atoms with van der Waals surface area (Å²) < 4.78 is 15.7. The van der Waals surface area contributed by atoms with Crippen LogP contribution in [0.1, 0.15) is 15.9 Å². The number of hydrazone groups is 1. The van der Waals surface area contributed by atoms with E-state index in [1.54, 1.807) is 12.1 Å². The number of phenolic OH excluding ortho intramolecular Hbond substituents is 1. The normalized spacial score (nSPS) is 10.7. The molecule has 0 aliphatic rings. The van der Waals surface area contributed by atoms with Gasteiger partial charge in [0.15, 0.2) is 11.5 Å². The monoisotopic (exact) mass is 437 g/mol. The number of methoxy groups -OCH3 is 3. The van der Waals surface area contributed by atoms with Crippen molar-refractivity contribution in [3.8, 4) is 23.0 Å². The Morgan fingerprint density at radius 2 is 1.69 bits per heavy atom. The van der Waals surface area contributed by atoms with Gasteiger partial charge in [0, 0.05) is 11.1 Å². The highest BCUT2D eigenvalue weighted by molar-refractivity contribution is 6.02. The Morgan fingerprint density at radius 3 is 2.34 bits per heavy atom. The summed E-state index contributed by atoms with van der Waals surface area (Å²) in [6.45, 7) is -0.311. The highest BCUT2D eigenvalue weighted by Gasteiger charge is 2.17. The van der Waals surface area contributed by atoms with Crippen LogP contribution < -0.4 is 25.0 Å². The van der Waals surface area contributed by atoms with E-state index < -0.39 is 11.8 Å². The first-order valence-corrected chi connectivity index (χ1v) is 9.59. The predicted molar refractivity (Wildman–Crippen MR) is 120 cm³/mol. The maximum absolute atomic E-state index is 12.5. The predicted octanol–water partition coefficient (Wildman–Crippen LogP) is 2.45. The summed E-state index contributed by atoms with van der Waals surface area (Å²) in [5.74, 6) is -0.00790. The number of carbonyl (C=O) groups excluding carboxylic acids is 2. The first-order valence-electron chi connectivity index (χ1n) is 9.59. The Balaban J connectivity index is 1.63. The molecule has 0 saturated heterocycles. The molecule has 9 nitrogen and oxygen atoms in total. The second-order valence-electron chi connectivity index (χ2n) is 6.61. The van der Waals surface area contributed by atoms with Crippen molar-refractivity contribution in [3.05, 3.63) is 59.7 Å². The van der Waals surface area contributed by atoms with Crippen molar-refractivity contribution in [2.75, 3.05) is 27.9 Å². The number of carbonyl (C=O) groups is 2. The van der Waals surface area contributed by atoms with Crippen molar-refractivity contribution in [1.82, 2.24) is 10.7 Å². The molecule has 3 N–H and O–H groups in total. The quantitative estimate of drug-likeness (QED) is 0.368. The van der Waals surface area contributed by atoms with Crippen LogP contribution >= 0.6 is 0 Å². The van der Waals surface area contributed by atoms with Gasteiger partial charge in [0.1, 0.15) is 5.75 Å². The molecule has 0 atom stereocenters. The van der Waals surface area contributed by atoms with Crippen molar-refractivity contribution in [3.63, 3.8) is 0 Å². The second-order valence-corrected chi connectivity index (χ2v) is 6.61.